The van der Waals surface area contributed by atoms with Crippen LogP contribution in [0.4, 0.5) is 0 Å². The van der Waals surface area contributed by atoms with Crippen LogP contribution >= 0.6 is 30.3 Å². The highest BCUT2D eigenvalue weighted by atomic mass is 35.5. The van der Waals surface area contributed by atoms with Crippen LogP contribution in [0.15, 0.2) is 4.52 Å². The van der Waals surface area contributed by atoms with Gasteiger partial charge in [0, 0.05) is 0 Å². The fraction of sp³-hybridized carbons (Fsp3) is 0. The van der Waals surface area contributed by atoms with Crippen LogP contribution in [-0.4, -0.2) is 0 Å². The Morgan fingerprint density at radius 1 is 1.80 bits per heavy atom. The van der Waals surface area contributed by atoms with Gasteiger partial charge >= 0.3 is 0 Å². The van der Waals surface area contributed by atoms with Crippen molar-refractivity contribution >= 4 is 30.3 Å². The summed E-state index contributed by atoms with van der Waals surface area (Å²) in [5.41, 5.74) is 4.81. The van der Waals surface area contributed by atoms with Gasteiger partial charge in [0.15, 0.2) is 0 Å². The molecule has 0 aliphatic heterocycles. The quantitative estimate of drug-likeness (QED) is 0.492. The van der Waals surface area contributed by atoms with Crippen molar-refractivity contribution in [2.45, 2.75) is 0 Å². The van der Waals surface area contributed by atoms with E-state index in [4.69, 9.17) is 5.50 Å². The number of nitrogens with two attached hydrogens (primary N) is 1. The Kier molecular flexibility index (Phi) is 16.3. The van der Waals surface area contributed by atoms with Crippen molar-refractivity contribution < 1.29 is 0 Å². The minimum Gasteiger partial charge on any atom is -0.269 e. The van der Waals surface area contributed by atoms with Crippen molar-refractivity contribution in [3.8, 4) is 0 Å². The molecule has 0 saturated heterocycles. The maximum absolute atomic E-state index is 4.81. The van der Waals surface area contributed by atoms with E-state index >= 15 is 0 Å². The SMILES string of the molecule is Cl.NP=NP. The molecule has 0 amide bonds. The molecule has 1 unspecified atom stereocenters. The summed E-state index contributed by atoms with van der Waals surface area (Å²) in [4.78, 5) is 0. The Morgan fingerprint density at radius 2 is 2.00 bits per heavy atom. The van der Waals surface area contributed by atoms with E-state index in [2.05, 4.69) is 13.9 Å². The van der Waals surface area contributed by atoms with Gasteiger partial charge in [0.2, 0.25) is 0 Å². The second-order valence-corrected chi connectivity index (χ2v) is 1.39. The fourth-order valence-corrected chi connectivity index (χ4v) is 0. The third-order valence-electron chi connectivity index (χ3n) is 0.0667. The number of halogens is 1. The smallest absolute Gasteiger partial charge is 0.0907 e. The molecule has 0 aromatic heterocycles. The lowest BCUT2D eigenvalue weighted by Crippen LogP contribution is -1.52. The summed E-state index contributed by atoms with van der Waals surface area (Å²) in [7, 11) is 2.73. The van der Waals surface area contributed by atoms with Gasteiger partial charge in [0.25, 0.3) is 0 Å². The van der Waals surface area contributed by atoms with Crippen LogP contribution in [0.2, 0.25) is 0 Å². The van der Waals surface area contributed by atoms with E-state index in [0.717, 1.165) is 0 Å². The maximum Gasteiger partial charge on any atom is 0.0907 e. The van der Waals surface area contributed by atoms with Crippen molar-refractivity contribution in [1.82, 2.24) is 0 Å². The molecule has 0 aliphatic carbocycles. The first-order chi connectivity index (χ1) is 1.91. The molecule has 2 nitrogen and oxygen atoms in total. The van der Waals surface area contributed by atoms with E-state index in [1.165, 1.54) is 0 Å². The lowest BCUT2D eigenvalue weighted by molar-refractivity contribution is 1.95. The van der Waals surface area contributed by atoms with Gasteiger partial charge in [-0.3, -0.25) is 5.50 Å². The molecule has 0 aromatic rings. The second kappa shape index (κ2) is 8.84. The Labute approximate surface area is 41.1 Å². The minimum atomic E-state index is 0. The van der Waals surface area contributed by atoms with E-state index < -0.39 is 0 Å². The molecule has 32 valence electrons. The lowest BCUT2D eigenvalue weighted by Gasteiger charge is -1.52. The first-order valence-electron chi connectivity index (χ1n) is 0.716. The summed E-state index contributed by atoms with van der Waals surface area (Å²) in [6.45, 7) is 0. The highest BCUT2D eigenvalue weighted by molar-refractivity contribution is 7.33. The van der Waals surface area contributed by atoms with Crippen LogP contribution in [0.1, 0.15) is 0 Å². The first-order valence-corrected chi connectivity index (χ1v) is 2.15. The van der Waals surface area contributed by atoms with Crippen molar-refractivity contribution in [2.75, 3.05) is 0 Å². The zero-order valence-corrected chi connectivity index (χ0v) is 5.32. The van der Waals surface area contributed by atoms with Crippen molar-refractivity contribution in [2.24, 2.45) is 10.0 Å². The van der Waals surface area contributed by atoms with Crippen molar-refractivity contribution in [3.63, 3.8) is 0 Å². The van der Waals surface area contributed by atoms with Crippen LogP contribution in [0.25, 0.3) is 0 Å². The molecule has 0 bridgehead atoms. The normalized spacial score (nSPS) is 7.60. The van der Waals surface area contributed by atoms with Crippen LogP contribution < -0.4 is 5.50 Å². The number of hydrogen-bond acceptors (Lipinski definition) is 1. The summed E-state index contributed by atoms with van der Waals surface area (Å²) >= 11 is 0. The molecular formula is H5ClN2P2. The predicted octanol–water partition coefficient (Wildman–Crippen LogP) is 1.20. The van der Waals surface area contributed by atoms with Gasteiger partial charge < -0.3 is 0 Å². The van der Waals surface area contributed by atoms with Crippen LogP contribution in [-0.2, 0) is 0 Å². The number of hydrogen-bond donors (Lipinski definition) is 1. The molecule has 0 fully saturated rings. The Hall–Kier alpha value is 0.780. The predicted molar refractivity (Wildman–Crippen MR) is 30.5 cm³/mol. The van der Waals surface area contributed by atoms with Crippen LogP contribution in [0.5, 0.6) is 0 Å². The summed E-state index contributed by atoms with van der Waals surface area (Å²) in [6.07, 6.45) is 0. The molecule has 0 heterocycles. The molecule has 0 aliphatic rings. The standard InChI is InChI=1S/ClH.H4N2P2/c;1-4-2-3/h1H;3H2,(H2,1,2). The third-order valence-corrected chi connectivity index (χ3v) is 0.600. The largest absolute Gasteiger partial charge is 0.269 e. The number of rotatable bonds is 0. The van der Waals surface area contributed by atoms with Gasteiger partial charge in [-0.25, -0.2) is 4.52 Å². The zero-order valence-electron chi connectivity index (χ0n) is 2.46. The summed E-state index contributed by atoms with van der Waals surface area (Å²) in [6, 6.07) is 0. The molecule has 5 heavy (non-hydrogen) atoms. The minimum absolute atomic E-state index is 0. The van der Waals surface area contributed by atoms with Gasteiger partial charge in [-0.2, -0.15) is 0 Å². The van der Waals surface area contributed by atoms with E-state index in [1.54, 1.807) is 0 Å². The molecule has 0 saturated carbocycles. The second-order valence-electron chi connectivity index (χ2n) is 0.231. The third kappa shape index (κ3) is 11.7. The average Bonchev–Trinajstić information content (AvgIpc) is 1.37. The van der Waals surface area contributed by atoms with Crippen molar-refractivity contribution in [1.29, 1.82) is 0 Å². The van der Waals surface area contributed by atoms with Crippen LogP contribution in [0.3, 0.4) is 0 Å². The van der Waals surface area contributed by atoms with E-state index in [-0.39, 0.29) is 12.4 Å². The average molecular weight is 130 g/mol. The maximum atomic E-state index is 4.81. The molecule has 2 N–H and O–H groups in total. The summed E-state index contributed by atoms with van der Waals surface area (Å²) in [5, 5.41) is 0. The molecule has 0 aromatic carbocycles. The molecule has 1 atom stereocenters. The van der Waals surface area contributed by atoms with Crippen LogP contribution in [0, 0.1) is 0 Å². The molecule has 5 heteroatoms. The highest BCUT2D eigenvalue weighted by Crippen LogP contribution is 1.89. The fourth-order valence-electron chi connectivity index (χ4n) is 0. The van der Waals surface area contributed by atoms with Gasteiger partial charge in [-0.15, -0.1) is 12.4 Å². The van der Waals surface area contributed by atoms with Gasteiger partial charge in [0.1, 0.15) is 0 Å². The van der Waals surface area contributed by atoms with E-state index in [0.29, 0.717) is 8.52 Å². The summed E-state index contributed by atoms with van der Waals surface area (Å²) < 4.78 is 3.40. The van der Waals surface area contributed by atoms with E-state index in [9.17, 15) is 0 Å². The van der Waals surface area contributed by atoms with Gasteiger partial charge in [-0.1, -0.05) is 0 Å². The Bertz CT molecular complexity index is 22.8. The Morgan fingerprint density at radius 3 is 2.00 bits per heavy atom. The highest BCUT2D eigenvalue weighted by Gasteiger charge is 1.33. The topological polar surface area (TPSA) is 38.4 Å². The monoisotopic (exact) mass is 130 g/mol. The number of nitrogens with zero attached hydrogens (tertiary/aromatic N) is 1. The van der Waals surface area contributed by atoms with Gasteiger partial charge in [0.05, 0.1) is 8.52 Å². The molecule has 0 radical (unpaired) electrons. The van der Waals surface area contributed by atoms with Gasteiger partial charge in [-0.05, 0) is 9.39 Å². The molecule has 0 rings (SSSR count). The zero-order chi connectivity index (χ0) is 3.41. The van der Waals surface area contributed by atoms with Crippen molar-refractivity contribution in [3.05, 3.63) is 0 Å². The first kappa shape index (κ1) is 9.24. The molecular weight excluding hydrogens is 125 g/mol. The lowest BCUT2D eigenvalue weighted by atomic mass is 13.9. The summed E-state index contributed by atoms with van der Waals surface area (Å²) in [5.74, 6) is 0. The Balaban J connectivity index is 0. The van der Waals surface area contributed by atoms with E-state index in [1.807, 2.05) is 0 Å². The molecule has 0 spiro atoms.